The number of benzene rings is 1. The minimum absolute atomic E-state index is 0.0436. The third-order valence-electron chi connectivity index (χ3n) is 2.31. The molecule has 0 unspecified atom stereocenters. The number of rotatable bonds is 4. The van der Waals surface area contributed by atoms with Crippen LogP contribution in [0.3, 0.4) is 0 Å². The maximum absolute atomic E-state index is 9.88. The lowest BCUT2D eigenvalue weighted by Crippen LogP contribution is -2.06. The van der Waals surface area contributed by atoms with Crippen molar-refractivity contribution in [3.05, 3.63) is 42.5 Å². The Morgan fingerprint density at radius 2 is 2.21 bits per heavy atom. The van der Waals surface area contributed by atoms with Gasteiger partial charge in [0.25, 0.3) is 0 Å². The van der Waals surface area contributed by atoms with Crippen LogP contribution in [0.25, 0.3) is 0 Å². The molecule has 1 aromatic carbocycles. The van der Waals surface area contributed by atoms with E-state index in [9.17, 15) is 5.11 Å². The number of aliphatic hydroxyl groups excluding tert-OH is 1. The third-order valence-corrected chi connectivity index (χ3v) is 2.31. The van der Waals surface area contributed by atoms with Crippen LogP contribution in [0.5, 0.6) is 5.75 Å². The molecule has 1 rings (SSSR count). The maximum atomic E-state index is 9.88. The van der Waals surface area contributed by atoms with Crippen molar-refractivity contribution in [2.24, 2.45) is 5.92 Å². The van der Waals surface area contributed by atoms with Gasteiger partial charge in [0.15, 0.2) is 0 Å². The van der Waals surface area contributed by atoms with Crippen molar-refractivity contribution in [1.29, 1.82) is 0 Å². The smallest absolute Gasteiger partial charge is 0.119 e. The monoisotopic (exact) mass is 192 g/mol. The summed E-state index contributed by atoms with van der Waals surface area (Å²) in [5.74, 6) is 0.805. The molecule has 2 heteroatoms. The van der Waals surface area contributed by atoms with Gasteiger partial charge in [-0.15, -0.1) is 6.58 Å². The molecule has 0 radical (unpaired) electrons. The average molecular weight is 192 g/mol. The molecule has 14 heavy (non-hydrogen) atoms. The van der Waals surface area contributed by atoms with Gasteiger partial charge in [0, 0.05) is 5.92 Å². The van der Waals surface area contributed by atoms with Crippen LogP contribution in [0.4, 0.5) is 0 Å². The first-order valence-electron chi connectivity index (χ1n) is 4.63. The minimum atomic E-state index is -0.511. The topological polar surface area (TPSA) is 29.5 Å². The van der Waals surface area contributed by atoms with E-state index in [2.05, 4.69) is 6.58 Å². The van der Waals surface area contributed by atoms with E-state index >= 15 is 0 Å². The molecule has 0 amide bonds. The molecule has 76 valence electrons. The van der Waals surface area contributed by atoms with Crippen molar-refractivity contribution in [3.63, 3.8) is 0 Å². The van der Waals surface area contributed by atoms with Crippen molar-refractivity contribution in [2.45, 2.75) is 13.0 Å². The minimum Gasteiger partial charge on any atom is -0.497 e. The number of hydrogen-bond acceptors (Lipinski definition) is 2. The Labute approximate surface area is 84.8 Å². The zero-order chi connectivity index (χ0) is 10.6. The Morgan fingerprint density at radius 1 is 1.50 bits per heavy atom. The van der Waals surface area contributed by atoms with Gasteiger partial charge in [0.1, 0.15) is 5.75 Å². The molecule has 0 aromatic heterocycles. The summed E-state index contributed by atoms with van der Waals surface area (Å²) in [4.78, 5) is 0. The van der Waals surface area contributed by atoms with Crippen LogP contribution >= 0.6 is 0 Å². The Morgan fingerprint density at radius 3 is 2.79 bits per heavy atom. The van der Waals surface area contributed by atoms with E-state index in [1.165, 1.54) is 0 Å². The first-order valence-corrected chi connectivity index (χ1v) is 4.63. The van der Waals surface area contributed by atoms with E-state index in [1.54, 1.807) is 13.2 Å². The fourth-order valence-corrected chi connectivity index (χ4v) is 1.26. The molecule has 1 N–H and O–H groups in total. The Balaban J connectivity index is 2.89. The molecule has 0 saturated carbocycles. The number of ether oxygens (including phenoxy) is 1. The zero-order valence-corrected chi connectivity index (χ0v) is 8.60. The maximum Gasteiger partial charge on any atom is 0.119 e. The highest BCUT2D eigenvalue weighted by Gasteiger charge is 2.13. The van der Waals surface area contributed by atoms with Crippen LogP contribution in [-0.4, -0.2) is 12.2 Å². The lowest BCUT2D eigenvalue weighted by atomic mass is 9.97. The Kier molecular flexibility index (Phi) is 3.72. The molecular formula is C12H16O2. The fraction of sp³-hybridized carbons (Fsp3) is 0.333. The molecule has 0 spiro atoms. The lowest BCUT2D eigenvalue weighted by molar-refractivity contribution is 0.139. The number of methoxy groups -OCH3 is 1. The summed E-state index contributed by atoms with van der Waals surface area (Å²) >= 11 is 0. The average Bonchev–Trinajstić information content (AvgIpc) is 2.27. The summed E-state index contributed by atoms with van der Waals surface area (Å²) in [6, 6.07) is 7.44. The number of hydrogen-bond donors (Lipinski definition) is 1. The van der Waals surface area contributed by atoms with Gasteiger partial charge in [-0.05, 0) is 17.7 Å². The summed E-state index contributed by atoms with van der Waals surface area (Å²) in [5, 5.41) is 9.88. The first kappa shape index (κ1) is 10.8. The predicted molar refractivity (Wildman–Crippen MR) is 57.3 cm³/mol. The largest absolute Gasteiger partial charge is 0.497 e. The summed E-state index contributed by atoms with van der Waals surface area (Å²) in [7, 11) is 1.61. The lowest BCUT2D eigenvalue weighted by Gasteiger charge is -2.16. The van der Waals surface area contributed by atoms with Crippen LogP contribution in [0, 0.1) is 5.92 Å². The quantitative estimate of drug-likeness (QED) is 0.743. The zero-order valence-electron chi connectivity index (χ0n) is 8.60. The second-order valence-corrected chi connectivity index (χ2v) is 3.32. The van der Waals surface area contributed by atoms with E-state index in [4.69, 9.17) is 4.74 Å². The van der Waals surface area contributed by atoms with Crippen molar-refractivity contribution in [1.82, 2.24) is 0 Å². The van der Waals surface area contributed by atoms with Crippen LogP contribution in [0.1, 0.15) is 18.6 Å². The Bertz CT molecular complexity index is 307. The SMILES string of the molecule is C=C[C@H](C)[C@@H](O)c1cccc(OC)c1. The summed E-state index contributed by atoms with van der Waals surface area (Å²) in [5.41, 5.74) is 0.858. The molecule has 2 nitrogen and oxygen atoms in total. The van der Waals surface area contributed by atoms with Gasteiger partial charge in [-0.2, -0.15) is 0 Å². The van der Waals surface area contributed by atoms with Crippen molar-refractivity contribution in [3.8, 4) is 5.75 Å². The molecular weight excluding hydrogens is 176 g/mol. The van der Waals surface area contributed by atoms with Crippen molar-refractivity contribution >= 4 is 0 Å². The highest BCUT2D eigenvalue weighted by atomic mass is 16.5. The molecule has 1 aromatic rings. The van der Waals surface area contributed by atoms with Gasteiger partial charge in [-0.1, -0.05) is 25.1 Å². The van der Waals surface area contributed by atoms with E-state index in [0.717, 1.165) is 11.3 Å². The molecule has 0 aliphatic rings. The molecule has 0 saturated heterocycles. The predicted octanol–water partition coefficient (Wildman–Crippen LogP) is 2.55. The molecule has 0 bridgehead atoms. The molecule has 0 aliphatic heterocycles. The van der Waals surface area contributed by atoms with E-state index < -0.39 is 6.10 Å². The highest BCUT2D eigenvalue weighted by Crippen LogP contribution is 2.25. The molecule has 0 aliphatic carbocycles. The van der Waals surface area contributed by atoms with Gasteiger partial charge in [-0.25, -0.2) is 0 Å². The van der Waals surface area contributed by atoms with Gasteiger partial charge in [0.05, 0.1) is 13.2 Å². The van der Waals surface area contributed by atoms with Crippen molar-refractivity contribution in [2.75, 3.05) is 7.11 Å². The standard InChI is InChI=1S/C12H16O2/c1-4-9(2)12(13)10-6-5-7-11(8-10)14-3/h4-9,12-13H,1H2,2-3H3/t9-,12+/m0/s1. The molecule has 0 heterocycles. The fourth-order valence-electron chi connectivity index (χ4n) is 1.26. The van der Waals surface area contributed by atoms with Gasteiger partial charge in [0.2, 0.25) is 0 Å². The van der Waals surface area contributed by atoms with Crippen LogP contribution in [0.15, 0.2) is 36.9 Å². The molecule has 2 atom stereocenters. The van der Waals surface area contributed by atoms with E-state index in [0.29, 0.717) is 0 Å². The normalized spacial score (nSPS) is 14.5. The van der Waals surface area contributed by atoms with Crippen LogP contribution < -0.4 is 4.74 Å². The number of aliphatic hydroxyl groups is 1. The van der Waals surface area contributed by atoms with Gasteiger partial charge < -0.3 is 9.84 Å². The van der Waals surface area contributed by atoms with Crippen molar-refractivity contribution < 1.29 is 9.84 Å². The van der Waals surface area contributed by atoms with Crippen LogP contribution in [-0.2, 0) is 0 Å². The molecule has 0 fully saturated rings. The third kappa shape index (κ3) is 2.36. The van der Waals surface area contributed by atoms with Crippen LogP contribution in [0.2, 0.25) is 0 Å². The summed E-state index contributed by atoms with van der Waals surface area (Å²) < 4.78 is 5.08. The second kappa shape index (κ2) is 4.82. The summed E-state index contributed by atoms with van der Waals surface area (Å²) in [6.45, 7) is 5.59. The van der Waals surface area contributed by atoms with E-state index in [1.807, 2.05) is 31.2 Å². The van der Waals surface area contributed by atoms with E-state index in [-0.39, 0.29) is 5.92 Å². The highest BCUT2D eigenvalue weighted by molar-refractivity contribution is 5.30. The second-order valence-electron chi connectivity index (χ2n) is 3.32. The van der Waals surface area contributed by atoms with Gasteiger partial charge >= 0.3 is 0 Å². The first-order chi connectivity index (χ1) is 6.69. The Hall–Kier alpha value is -1.28. The summed E-state index contributed by atoms with van der Waals surface area (Å²) in [6.07, 6.45) is 1.23. The van der Waals surface area contributed by atoms with Gasteiger partial charge in [-0.3, -0.25) is 0 Å².